The van der Waals surface area contributed by atoms with Crippen molar-refractivity contribution in [2.45, 2.75) is 37.7 Å². The first-order valence-corrected chi connectivity index (χ1v) is 8.63. The van der Waals surface area contributed by atoms with Crippen LogP contribution in [0.3, 0.4) is 0 Å². The molecule has 1 amide bonds. The van der Waals surface area contributed by atoms with Crippen molar-refractivity contribution in [3.05, 3.63) is 29.8 Å². The van der Waals surface area contributed by atoms with E-state index in [-0.39, 0.29) is 22.9 Å². The van der Waals surface area contributed by atoms with Gasteiger partial charge in [0.05, 0.1) is 5.75 Å². The van der Waals surface area contributed by atoms with Crippen molar-refractivity contribution in [1.29, 1.82) is 0 Å². The molecule has 4 nitrogen and oxygen atoms in total. The zero-order chi connectivity index (χ0) is 16.7. The van der Waals surface area contributed by atoms with Crippen molar-refractivity contribution in [1.82, 2.24) is 5.32 Å². The zero-order valence-corrected chi connectivity index (χ0v) is 13.8. The van der Waals surface area contributed by atoms with Gasteiger partial charge in [0.2, 0.25) is 5.91 Å². The molecular weight excluding hydrogens is 324 g/mol. The number of benzene rings is 1. The Bertz CT molecular complexity index is 493. The predicted octanol–water partition coefficient (Wildman–Crippen LogP) is 3.38. The molecule has 0 aromatic heterocycles. The van der Waals surface area contributed by atoms with E-state index in [9.17, 15) is 13.6 Å². The molecule has 1 aliphatic heterocycles. The van der Waals surface area contributed by atoms with E-state index in [4.69, 9.17) is 4.74 Å². The smallest absolute Gasteiger partial charge is 0.387 e. The largest absolute Gasteiger partial charge is 0.435 e. The van der Waals surface area contributed by atoms with E-state index in [1.165, 1.54) is 23.9 Å². The van der Waals surface area contributed by atoms with Gasteiger partial charge in [-0.15, -0.1) is 11.8 Å². The summed E-state index contributed by atoms with van der Waals surface area (Å²) in [6.07, 6.45) is 1.72. The Hall–Kier alpha value is -1.34. The number of hydrogen-bond donors (Lipinski definition) is 1. The van der Waals surface area contributed by atoms with E-state index in [0.29, 0.717) is 19.0 Å². The van der Waals surface area contributed by atoms with Crippen molar-refractivity contribution < 1.29 is 23.0 Å². The van der Waals surface area contributed by atoms with Crippen molar-refractivity contribution in [3.63, 3.8) is 0 Å². The van der Waals surface area contributed by atoms with Crippen LogP contribution in [0.2, 0.25) is 0 Å². The highest BCUT2D eigenvalue weighted by molar-refractivity contribution is 8.00. The van der Waals surface area contributed by atoms with Crippen LogP contribution in [0.5, 0.6) is 5.75 Å². The molecule has 0 radical (unpaired) electrons. The van der Waals surface area contributed by atoms with Gasteiger partial charge < -0.3 is 14.8 Å². The number of amides is 1. The topological polar surface area (TPSA) is 47.6 Å². The molecule has 1 heterocycles. The van der Waals surface area contributed by atoms with Crippen molar-refractivity contribution in [3.8, 4) is 5.75 Å². The van der Waals surface area contributed by atoms with Gasteiger partial charge in [-0.05, 0) is 37.5 Å². The van der Waals surface area contributed by atoms with Gasteiger partial charge in [-0.2, -0.15) is 8.78 Å². The monoisotopic (exact) mass is 345 g/mol. The maximum atomic E-state index is 12.1. The van der Waals surface area contributed by atoms with Gasteiger partial charge in [0.1, 0.15) is 5.75 Å². The molecule has 23 heavy (non-hydrogen) atoms. The summed E-state index contributed by atoms with van der Waals surface area (Å²) < 4.78 is 33.8. The molecule has 1 aromatic rings. The Morgan fingerprint density at radius 2 is 2.00 bits per heavy atom. The number of carbonyl (C=O) groups is 1. The third-order valence-corrected chi connectivity index (χ3v) is 4.83. The molecule has 0 bridgehead atoms. The van der Waals surface area contributed by atoms with Crippen molar-refractivity contribution in [2.75, 3.05) is 19.0 Å². The normalized spacial score (nSPS) is 17.0. The third kappa shape index (κ3) is 6.35. The molecule has 1 unspecified atom stereocenters. The van der Waals surface area contributed by atoms with Gasteiger partial charge in [-0.3, -0.25) is 4.79 Å². The van der Waals surface area contributed by atoms with Crippen molar-refractivity contribution in [2.24, 2.45) is 0 Å². The highest BCUT2D eigenvalue weighted by Crippen LogP contribution is 2.29. The van der Waals surface area contributed by atoms with Crippen LogP contribution in [0, 0.1) is 0 Å². The SMILES string of the molecule is CC(SCC(=O)NC1CCOCC1)c1ccc(OC(F)F)cc1. The van der Waals surface area contributed by atoms with Crippen LogP contribution in [-0.2, 0) is 9.53 Å². The van der Waals surface area contributed by atoms with Crippen LogP contribution >= 0.6 is 11.8 Å². The summed E-state index contributed by atoms with van der Waals surface area (Å²) in [5.74, 6) is 0.526. The second-order valence-electron chi connectivity index (χ2n) is 5.35. The summed E-state index contributed by atoms with van der Waals surface area (Å²) in [5.41, 5.74) is 0.968. The lowest BCUT2D eigenvalue weighted by molar-refractivity contribution is -0.119. The van der Waals surface area contributed by atoms with Crippen LogP contribution in [0.1, 0.15) is 30.6 Å². The number of ether oxygens (including phenoxy) is 2. The Balaban J connectivity index is 1.75. The second kappa shape index (κ2) is 9.08. The molecule has 2 rings (SSSR count). The summed E-state index contributed by atoms with van der Waals surface area (Å²) in [6, 6.07) is 6.72. The minimum absolute atomic E-state index is 0.0198. The quantitative estimate of drug-likeness (QED) is 0.823. The van der Waals surface area contributed by atoms with Gasteiger partial charge in [-0.25, -0.2) is 0 Å². The summed E-state index contributed by atoms with van der Waals surface area (Å²) in [4.78, 5) is 11.9. The maximum Gasteiger partial charge on any atom is 0.387 e. The predicted molar refractivity (Wildman–Crippen MR) is 85.9 cm³/mol. The molecule has 128 valence electrons. The lowest BCUT2D eigenvalue weighted by Gasteiger charge is -2.23. The third-order valence-electron chi connectivity index (χ3n) is 3.63. The first-order chi connectivity index (χ1) is 11.0. The summed E-state index contributed by atoms with van der Waals surface area (Å²) in [7, 11) is 0. The maximum absolute atomic E-state index is 12.1. The van der Waals surface area contributed by atoms with Gasteiger partial charge in [-0.1, -0.05) is 12.1 Å². The van der Waals surface area contributed by atoms with Gasteiger partial charge >= 0.3 is 6.61 Å². The summed E-state index contributed by atoms with van der Waals surface area (Å²) >= 11 is 1.51. The summed E-state index contributed by atoms with van der Waals surface area (Å²) in [5, 5.41) is 3.11. The Labute approximate surface area is 138 Å². The summed E-state index contributed by atoms with van der Waals surface area (Å²) in [6.45, 7) is 0.555. The molecule has 1 aliphatic rings. The Morgan fingerprint density at radius 3 is 2.61 bits per heavy atom. The standard InChI is InChI=1S/C16H21F2NO3S/c1-11(12-2-4-14(5-3-12)22-16(17)18)23-10-15(20)19-13-6-8-21-9-7-13/h2-5,11,13,16H,6-10H2,1H3,(H,19,20). The van der Waals surface area contributed by atoms with E-state index in [0.717, 1.165) is 18.4 Å². The molecule has 1 N–H and O–H groups in total. The lowest BCUT2D eigenvalue weighted by Crippen LogP contribution is -2.39. The Morgan fingerprint density at radius 1 is 1.35 bits per heavy atom. The Kier molecular flexibility index (Phi) is 7.11. The molecule has 1 saturated heterocycles. The first-order valence-electron chi connectivity index (χ1n) is 7.58. The fourth-order valence-corrected chi connectivity index (χ4v) is 3.16. The number of hydrogen-bond acceptors (Lipinski definition) is 4. The minimum atomic E-state index is -2.82. The number of alkyl halides is 2. The average molecular weight is 345 g/mol. The number of rotatable bonds is 7. The fourth-order valence-electron chi connectivity index (χ4n) is 2.33. The molecule has 0 spiro atoms. The first kappa shape index (κ1) is 18.0. The van der Waals surface area contributed by atoms with Crippen LogP contribution in [0.4, 0.5) is 8.78 Å². The van der Waals surface area contributed by atoms with E-state index >= 15 is 0 Å². The molecule has 1 fully saturated rings. The van der Waals surface area contributed by atoms with Crippen LogP contribution in [0.25, 0.3) is 0 Å². The highest BCUT2D eigenvalue weighted by Gasteiger charge is 2.17. The van der Waals surface area contributed by atoms with Crippen molar-refractivity contribution >= 4 is 17.7 Å². The molecule has 1 atom stereocenters. The number of nitrogens with one attached hydrogen (secondary N) is 1. The highest BCUT2D eigenvalue weighted by atomic mass is 32.2. The van der Waals surface area contributed by atoms with Crippen LogP contribution < -0.4 is 10.1 Å². The average Bonchev–Trinajstić information content (AvgIpc) is 2.54. The van der Waals surface area contributed by atoms with Gasteiger partial charge in [0, 0.05) is 24.5 Å². The number of thioether (sulfide) groups is 1. The lowest BCUT2D eigenvalue weighted by atomic mass is 10.1. The van der Waals surface area contributed by atoms with E-state index < -0.39 is 6.61 Å². The number of halogens is 2. The van der Waals surface area contributed by atoms with E-state index in [1.807, 2.05) is 6.92 Å². The molecule has 1 aromatic carbocycles. The van der Waals surface area contributed by atoms with Crippen LogP contribution in [0.15, 0.2) is 24.3 Å². The zero-order valence-electron chi connectivity index (χ0n) is 13.0. The second-order valence-corrected chi connectivity index (χ2v) is 6.68. The molecule has 7 heteroatoms. The molecule has 0 aliphatic carbocycles. The van der Waals surface area contributed by atoms with E-state index in [2.05, 4.69) is 10.1 Å². The van der Waals surface area contributed by atoms with Crippen LogP contribution in [-0.4, -0.2) is 37.5 Å². The minimum Gasteiger partial charge on any atom is -0.435 e. The fraction of sp³-hybridized carbons (Fsp3) is 0.562. The molecule has 0 saturated carbocycles. The molecular formula is C16H21F2NO3S. The van der Waals surface area contributed by atoms with Gasteiger partial charge in [0.15, 0.2) is 0 Å². The van der Waals surface area contributed by atoms with E-state index in [1.54, 1.807) is 12.1 Å². The number of carbonyl (C=O) groups excluding carboxylic acids is 1. The van der Waals surface area contributed by atoms with Gasteiger partial charge in [0.25, 0.3) is 0 Å².